The molecule has 0 saturated carbocycles. The third-order valence-electron chi connectivity index (χ3n) is 1.89. The van der Waals surface area contributed by atoms with Gasteiger partial charge in [-0.3, -0.25) is 0 Å². The summed E-state index contributed by atoms with van der Waals surface area (Å²) in [5.41, 5.74) is 11.1. The van der Waals surface area contributed by atoms with E-state index in [0.29, 0.717) is 13.2 Å². The summed E-state index contributed by atoms with van der Waals surface area (Å²) in [4.78, 5) is 10.5. The van der Waals surface area contributed by atoms with E-state index >= 15 is 0 Å². The van der Waals surface area contributed by atoms with Crippen molar-refractivity contribution in [1.82, 2.24) is 0 Å². The number of nitrogens with two attached hydrogens (primary N) is 2. The molecule has 0 spiro atoms. The SMILES string of the molecule is NCCCC(N)CCCOC(=O)CO. The fourth-order valence-corrected chi connectivity index (χ4v) is 1.10. The van der Waals surface area contributed by atoms with Crippen molar-refractivity contribution in [2.45, 2.75) is 31.7 Å². The molecule has 0 bridgehead atoms. The number of hydrogen-bond acceptors (Lipinski definition) is 5. The zero-order valence-corrected chi connectivity index (χ0v) is 8.45. The van der Waals surface area contributed by atoms with Crippen LogP contribution in [-0.4, -0.2) is 36.9 Å². The maximum Gasteiger partial charge on any atom is 0.331 e. The molecule has 0 aromatic rings. The van der Waals surface area contributed by atoms with Crippen LogP contribution in [0.15, 0.2) is 0 Å². The number of aliphatic hydroxyl groups is 1. The molecule has 0 aromatic heterocycles. The summed E-state index contributed by atoms with van der Waals surface area (Å²) in [5, 5.41) is 8.35. The van der Waals surface area contributed by atoms with Crippen LogP contribution < -0.4 is 11.5 Å². The molecule has 0 aliphatic heterocycles. The lowest BCUT2D eigenvalue weighted by molar-refractivity contribution is -0.147. The highest BCUT2D eigenvalue weighted by atomic mass is 16.5. The molecule has 1 unspecified atom stereocenters. The second kappa shape index (κ2) is 8.93. The van der Waals surface area contributed by atoms with Crippen molar-refractivity contribution in [1.29, 1.82) is 0 Å². The van der Waals surface area contributed by atoms with Gasteiger partial charge in [0.05, 0.1) is 6.61 Å². The average Bonchev–Trinajstić information content (AvgIpc) is 2.21. The highest BCUT2D eigenvalue weighted by Crippen LogP contribution is 2.01. The first-order valence-electron chi connectivity index (χ1n) is 4.92. The molecule has 0 aromatic carbocycles. The Morgan fingerprint density at radius 3 is 2.57 bits per heavy atom. The van der Waals surface area contributed by atoms with Crippen molar-refractivity contribution in [3.8, 4) is 0 Å². The number of hydrogen-bond donors (Lipinski definition) is 3. The molecule has 0 saturated heterocycles. The highest BCUT2D eigenvalue weighted by molar-refractivity contribution is 5.70. The van der Waals surface area contributed by atoms with Crippen LogP contribution in [0.4, 0.5) is 0 Å². The number of esters is 1. The highest BCUT2D eigenvalue weighted by Gasteiger charge is 2.03. The van der Waals surface area contributed by atoms with E-state index in [4.69, 9.17) is 16.6 Å². The van der Waals surface area contributed by atoms with Gasteiger partial charge in [-0.2, -0.15) is 0 Å². The van der Waals surface area contributed by atoms with Gasteiger partial charge in [-0.25, -0.2) is 4.79 Å². The predicted octanol–water partition coefficient (Wildman–Crippen LogP) is -0.632. The van der Waals surface area contributed by atoms with Gasteiger partial charge in [0.25, 0.3) is 0 Å². The van der Waals surface area contributed by atoms with E-state index in [2.05, 4.69) is 4.74 Å². The molecular formula is C9H20N2O3. The smallest absolute Gasteiger partial charge is 0.331 e. The zero-order chi connectivity index (χ0) is 10.8. The van der Waals surface area contributed by atoms with Crippen LogP contribution in [0.1, 0.15) is 25.7 Å². The van der Waals surface area contributed by atoms with Gasteiger partial charge < -0.3 is 21.3 Å². The summed E-state index contributed by atoms with van der Waals surface area (Å²) in [5.74, 6) is -0.583. The van der Waals surface area contributed by atoms with Crippen molar-refractivity contribution < 1.29 is 14.6 Å². The number of carbonyl (C=O) groups excluding carboxylic acids is 1. The number of aliphatic hydroxyl groups excluding tert-OH is 1. The Morgan fingerprint density at radius 2 is 2.00 bits per heavy atom. The monoisotopic (exact) mass is 204 g/mol. The molecule has 0 radical (unpaired) electrons. The van der Waals surface area contributed by atoms with Gasteiger partial charge in [0.15, 0.2) is 0 Å². The van der Waals surface area contributed by atoms with Crippen molar-refractivity contribution >= 4 is 5.97 Å². The Labute approximate surface area is 84.4 Å². The first-order chi connectivity index (χ1) is 6.70. The molecular weight excluding hydrogens is 184 g/mol. The Balaban J connectivity index is 3.22. The fourth-order valence-electron chi connectivity index (χ4n) is 1.10. The number of carbonyl (C=O) groups is 1. The second-order valence-corrected chi connectivity index (χ2v) is 3.21. The normalized spacial score (nSPS) is 12.5. The summed E-state index contributed by atoms with van der Waals surface area (Å²) in [6, 6.07) is 0.131. The number of rotatable bonds is 8. The first kappa shape index (κ1) is 13.4. The quantitative estimate of drug-likeness (QED) is 0.361. The van der Waals surface area contributed by atoms with Crippen LogP contribution in [0.3, 0.4) is 0 Å². The number of ether oxygens (including phenoxy) is 1. The third kappa shape index (κ3) is 7.97. The zero-order valence-electron chi connectivity index (χ0n) is 8.45. The standard InChI is InChI=1S/C9H20N2O3/c10-5-1-3-8(11)4-2-6-14-9(13)7-12/h8,12H,1-7,10-11H2. The summed E-state index contributed by atoms with van der Waals surface area (Å²) in [6.45, 7) is 0.433. The summed E-state index contributed by atoms with van der Waals surface area (Å²) in [6.07, 6.45) is 3.39. The molecule has 5 heteroatoms. The van der Waals surface area contributed by atoms with E-state index in [9.17, 15) is 4.79 Å². The van der Waals surface area contributed by atoms with Gasteiger partial charge in [-0.15, -0.1) is 0 Å². The predicted molar refractivity (Wildman–Crippen MR) is 53.5 cm³/mol. The van der Waals surface area contributed by atoms with Crippen molar-refractivity contribution in [2.24, 2.45) is 11.5 Å². The second-order valence-electron chi connectivity index (χ2n) is 3.21. The Morgan fingerprint density at radius 1 is 1.36 bits per heavy atom. The largest absolute Gasteiger partial charge is 0.464 e. The first-order valence-corrected chi connectivity index (χ1v) is 4.92. The van der Waals surface area contributed by atoms with Gasteiger partial charge in [0, 0.05) is 6.04 Å². The van der Waals surface area contributed by atoms with Crippen LogP contribution in [0.25, 0.3) is 0 Å². The third-order valence-corrected chi connectivity index (χ3v) is 1.89. The van der Waals surface area contributed by atoms with Gasteiger partial charge in [0.2, 0.25) is 0 Å². The van der Waals surface area contributed by atoms with Crippen LogP contribution in [0.2, 0.25) is 0 Å². The van der Waals surface area contributed by atoms with E-state index < -0.39 is 12.6 Å². The van der Waals surface area contributed by atoms with Crippen molar-refractivity contribution in [2.75, 3.05) is 19.8 Å². The van der Waals surface area contributed by atoms with E-state index in [1.54, 1.807) is 0 Å². The van der Waals surface area contributed by atoms with Gasteiger partial charge in [-0.1, -0.05) is 0 Å². The van der Waals surface area contributed by atoms with Crippen LogP contribution >= 0.6 is 0 Å². The van der Waals surface area contributed by atoms with E-state index in [1.807, 2.05) is 0 Å². The maximum absolute atomic E-state index is 10.5. The molecule has 0 fully saturated rings. The van der Waals surface area contributed by atoms with Crippen LogP contribution in [-0.2, 0) is 9.53 Å². The fraction of sp³-hybridized carbons (Fsp3) is 0.889. The van der Waals surface area contributed by atoms with E-state index in [-0.39, 0.29) is 6.04 Å². The van der Waals surface area contributed by atoms with E-state index in [0.717, 1.165) is 25.7 Å². The molecule has 0 aliphatic rings. The lowest BCUT2D eigenvalue weighted by Crippen LogP contribution is -2.22. The summed E-state index contributed by atoms with van der Waals surface area (Å²) >= 11 is 0. The minimum Gasteiger partial charge on any atom is -0.464 e. The Bertz CT molecular complexity index is 153. The van der Waals surface area contributed by atoms with Crippen molar-refractivity contribution in [3.63, 3.8) is 0 Å². The van der Waals surface area contributed by atoms with Crippen LogP contribution in [0, 0.1) is 0 Å². The topological polar surface area (TPSA) is 98.6 Å². The van der Waals surface area contributed by atoms with Crippen molar-refractivity contribution in [3.05, 3.63) is 0 Å². The summed E-state index contributed by atoms with van der Waals surface area (Å²) < 4.78 is 4.68. The molecule has 0 aliphatic carbocycles. The minimum absolute atomic E-state index is 0.131. The average molecular weight is 204 g/mol. The molecule has 84 valence electrons. The van der Waals surface area contributed by atoms with Gasteiger partial charge >= 0.3 is 5.97 Å². The molecule has 5 nitrogen and oxygen atoms in total. The maximum atomic E-state index is 10.5. The van der Waals surface area contributed by atoms with Gasteiger partial charge in [0.1, 0.15) is 6.61 Å². The molecule has 5 N–H and O–H groups in total. The molecule has 1 atom stereocenters. The minimum atomic E-state index is -0.583. The van der Waals surface area contributed by atoms with Gasteiger partial charge in [-0.05, 0) is 32.2 Å². The molecule has 14 heavy (non-hydrogen) atoms. The Hall–Kier alpha value is -0.650. The Kier molecular flexibility index (Phi) is 8.51. The molecule has 0 rings (SSSR count). The molecule has 0 heterocycles. The lowest BCUT2D eigenvalue weighted by atomic mass is 10.1. The summed E-state index contributed by atoms with van der Waals surface area (Å²) in [7, 11) is 0. The molecule has 0 amide bonds. The van der Waals surface area contributed by atoms with E-state index in [1.165, 1.54) is 0 Å². The lowest BCUT2D eigenvalue weighted by Gasteiger charge is -2.10. The van der Waals surface area contributed by atoms with Crippen LogP contribution in [0.5, 0.6) is 0 Å².